The topological polar surface area (TPSA) is 47.9 Å². The summed E-state index contributed by atoms with van der Waals surface area (Å²) >= 11 is 0. The third-order valence-corrected chi connectivity index (χ3v) is 4.16. The number of ether oxygens (including phenoxy) is 2. The van der Waals surface area contributed by atoms with Crippen LogP contribution in [0.1, 0.15) is 25.0 Å². The second kappa shape index (κ2) is 5.88. The van der Waals surface area contributed by atoms with E-state index in [9.17, 15) is 4.79 Å². The molecule has 0 saturated carbocycles. The summed E-state index contributed by atoms with van der Waals surface area (Å²) in [5.41, 5.74) is 0.596. The van der Waals surface area contributed by atoms with E-state index < -0.39 is 5.54 Å². The summed E-state index contributed by atoms with van der Waals surface area (Å²) in [5, 5.41) is 0. The van der Waals surface area contributed by atoms with Gasteiger partial charge in [-0.15, -0.1) is 0 Å². The van der Waals surface area contributed by atoms with Gasteiger partial charge in [-0.05, 0) is 35.7 Å². The van der Waals surface area contributed by atoms with Gasteiger partial charge >= 0.3 is 5.97 Å². The van der Waals surface area contributed by atoms with Gasteiger partial charge in [0.25, 0.3) is 0 Å². The Morgan fingerprint density at radius 3 is 2.26 bits per heavy atom. The molecule has 0 spiro atoms. The van der Waals surface area contributed by atoms with Crippen LogP contribution in [0.2, 0.25) is 0 Å². The second-order valence-electron chi connectivity index (χ2n) is 5.82. The van der Waals surface area contributed by atoms with Gasteiger partial charge in [0.15, 0.2) is 5.54 Å². The van der Waals surface area contributed by atoms with Crippen LogP contribution < -0.4 is 4.74 Å². The minimum Gasteiger partial charge on any atom is -0.497 e. The van der Waals surface area contributed by atoms with Crippen molar-refractivity contribution in [2.45, 2.75) is 19.4 Å². The maximum absolute atomic E-state index is 12.7. The van der Waals surface area contributed by atoms with Gasteiger partial charge in [-0.3, -0.25) is 0 Å². The van der Waals surface area contributed by atoms with E-state index in [-0.39, 0.29) is 11.9 Å². The molecule has 3 rings (SSSR count). The van der Waals surface area contributed by atoms with E-state index in [1.54, 1.807) is 7.11 Å². The minimum atomic E-state index is -1.02. The Bertz CT molecular complexity index is 735. The highest BCUT2D eigenvalue weighted by molar-refractivity contribution is 6.08. The maximum atomic E-state index is 12.7. The van der Waals surface area contributed by atoms with Crippen LogP contribution in [-0.2, 0) is 15.1 Å². The Balaban J connectivity index is 2.10. The quantitative estimate of drug-likeness (QED) is 0.812. The summed E-state index contributed by atoms with van der Waals surface area (Å²) in [5.74, 6) is 0.743. The molecule has 23 heavy (non-hydrogen) atoms. The number of carbonyl (C=O) groups is 1. The number of hydrogen-bond donors (Lipinski definition) is 0. The average Bonchev–Trinajstić information content (AvgIpc) is 2.94. The van der Waals surface area contributed by atoms with Crippen LogP contribution in [0.3, 0.4) is 0 Å². The van der Waals surface area contributed by atoms with Crippen LogP contribution in [0.4, 0.5) is 0 Å². The molecule has 0 bridgehead atoms. The highest BCUT2D eigenvalue weighted by Gasteiger charge is 2.50. The van der Waals surface area contributed by atoms with Gasteiger partial charge in [-0.25, -0.2) is 9.79 Å². The first kappa shape index (κ1) is 15.3. The van der Waals surface area contributed by atoms with Crippen LogP contribution in [0.25, 0.3) is 0 Å². The molecule has 0 unspecified atom stereocenters. The third kappa shape index (κ3) is 2.50. The van der Waals surface area contributed by atoms with Crippen molar-refractivity contribution in [3.63, 3.8) is 0 Å². The van der Waals surface area contributed by atoms with Crippen LogP contribution >= 0.6 is 0 Å². The van der Waals surface area contributed by atoms with Crippen LogP contribution in [0.15, 0.2) is 59.6 Å². The van der Waals surface area contributed by atoms with E-state index in [0.29, 0.717) is 5.90 Å². The fourth-order valence-electron chi connectivity index (χ4n) is 2.82. The lowest BCUT2D eigenvalue weighted by molar-refractivity contribution is -0.141. The number of methoxy groups -OCH3 is 1. The first-order valence-corrected chi connectivity index (χ1v) is 7.60. The minimum absolute atomic E-state index is 0.0374. The predicted molar refractivity (Wildman–Crippen MR) is 88.6 cm³/mol. The molecule has 1 aliphatic rings. The number of rotatable bonds is 4. The fourth-order valence-corrected chi connectivity index (χ4v) is 2.82. The molecule has 0 amide bonds. The highest BCUT2D eigenvalue weighted by atomic mass is 16.6. The zero-order valence-corrected chi connectivity index (χ0v) is 13.4. The summed E-state index contributed by atoms with van der Waals surface area (Å²) in [6.45, 7) is 3.95. The smallest absolute Gasteiger partial charge is 0.345 e. The molecule has 118 valence electrons. The molecule has 1 atom stereocenters. The largest absolute Gasteiger partial charge is 0.497 e. The standard InChI is InChI=1S/C19H19NO3/c1-13(2)19(15-9-11-16(22-3)12-10-15)18(21)23-17(20-19)14-7-5-4-6-8-14/h4-13H,1-3H3/t19-/m1/s1. The molecular formula is C19H19NO3. The lowest BCUT2D eigenvalue weighted by Crippen LogP contribution is -2.36. The molecule has 0 aromatic heterocycles. The molecule has 2 aromatic rings. The summed E-state index contributed by atoms with van der Waals surface area (Å²) in [6, 6.07) is 16.9. The molecule has 0 N–H and O–H groups in total. The van der Waals surface area contributed by atoms with E-state index in [1.165, 1.54) is 0 Å². The van der Waals surface area contributed by atoms with Gasteiger partial charge in [0.1, 0.15) is 5.75 Å². The molecule has 0 saturated heterocycles. The van der Waals surface area contributed by atoms with Crippen LogP contribution in [-0.4, -0.2) is 19.0 Å². The van der Waals surface area contributed by atoms with Crippen molar-refractivity contribution < 1.29 is 14.3 Å². The number of benzene rings is 2. The van der Waals surface area contributed by atoms with Crippen molar-refractivity contribution in [2.24, 2.45) is 10.9 Å². The van der Waals surface area contributed by atoms with E-state index in [1.807, 2.05) is 68.4 Å². The summed E-state index contributed by atoms with van der Waals surface area (Å²) in [7, 11) is 1.61. The zero-order valence-electron chi connectivity index (χ0n) is 13.4. The molecule has 2 aromatic carbocycles. The number of aliphatic imine (C=N–C) groups is 1. The van der Waals surface area contributed by atoms with Crippen molar-refractivity contribution in [2.75, 3.05) is 7.11 Å². The summed E-state index contributed by atoms with van der Waals surface area (Å²) in [4.78, 5) is 17.4. The molecule has 1 aliphatic heterocycles. The van der Waals surface area contributed by atoms with Gasteiger partial charge in [0.2, 0.25) is 5.90 Å². The Labute approximate surface area is 135 Å². The SMILES string of the molecule is COc1ccc([C@@]2(C(C)C)N=C(c3ccccc3)OC2=O)cc1. The first-order chi connectivity index (χ1) is 11.1. The summed E-state index contributed by atoms with van der Waals surface area (Å²) in [6.07, 6.45) is 0. The van der Waals surface area contributed by atoms with E-state index in [2.05, 4.69) is 0 Å². The van der Waals surface area contributed by atoms with Gasteiger partial charge in [0.05, 0.1) is 7.11 Å². The molecular weight excluding hydrogens is 290 g/mol. The Morgan fingerprint density at radius 2 is 1.70 bits per heavy atom. The Kier molecular flexibility index (Phi) is 3.90. The molecule has 4 nitrogen and oxygen atoms in total. The van der Waals surface area contributed by atoms with Crippen molar-refractivity contribution in [3.05, 3.63) is 65.7 Å². The zero-order chi connectivity index (χ0) is 16.4. The van der Waals surface area contributed by atoms with E-state index in [0.717, 1.165) is 16.9 Å². The van der Waals surface area contributed by atoms with Gasteiger partial charge in [-0.2, -0.15) is 0 Å². The molecule has 0 radical (unpaired) electrons. The first-order valence-electron chi connectivity index (χ1n) is 7.60. The lowest BCUT2D eigenvalue weighted by atomic mass is 9.80. The van der Waals surface area contributed by atoms with E-state index >= 15 is 0 Å². The number of esters is 1. The van der Waals surface area contributed by atoms with E-state index in [4.69, 9.17) is 14.5 Å². The number of hydrogen-bond acceptors (Lipinski definition) is 4. The monoisotopic (exact) mass is 309 g/mol. The number of carbonyl (C=O) groups excluding carboxylic acids is 1. The maximum Gasteiger partial charge on any atom is 0.345 e. The Hall–Kier alpha value is -2.62. The van der Waals surface area contributed by atoms with Crippen molar-refractivity contribution in [1.29, 1.82) is 0 Å². The van der Waals surface area contributed by atoms with Crippen molar-refractivity contribution in [3.8, 4) is 5.75 Å². The van der Waals surface area contributed by atoms with Gasteiger partial charge in [-0.1, -0.05) is 44.2 Å². The third-order valence-electron chi connectivity index (χ3n) is 4.16. The summed E-state index contributed by atoms with van der Waals surface area (Å²) < 4.78 is 10.7. The molecule has 1 heterocycles. The van der Waals surface area contributed by atoms with Crippen molar-refractivity contribution >= 4 is 11.9 Å². The number of cyclic esters (lactones) is 1. The van der Waals surface area contributed by atoms with Crippen molar-refractivity contribution in [1.82, 2.24) is 0 Å². The Morgan fingerprint density at radius 1 is 1.04 bits per heavy atom. The fraction of sp³-hybridized carbons (Fsp3) is 0.263. The molecule has 0 aliphatic carbocycles. The van der Waals surface area contributed by atoms with Gasteiger partial charge < -0.3 is 9.47 Å². The average molecular weight is 309 g/mol. The second-order valence-corrected chi connectivity index (χ2v) is 5.82. The predicted octanol–water partition coefficient (Wildman–Crippen LogP) is 3.55. The van der Waals surface area contributed by atoms with Crippen LogP contribution in [0, 0.1) is 5.92 Å². The van der Waals surface area contributed by atoms with Gasteiger partial charge in [0, 0.05) is 5.56 Å². The lowest BCUT2D eigenvalue weighted by Gasteiger charge is -2.26. The highest BCUT2D eigenvalue weighted by Crippen LogP contribution is 2.40. The molecule has 4 heteroatoms. The molecule has 0 fully saturated rings. The number of nitrogens with zero attached hydrogens (tertiary/aromatic N) is 1. The van der Waals surface area contributed by atoms with Crippen LogP contribution in [0.5, 0.6) is 5.75 Å². The normalized spacial score (nSPS) is 20.3.